The Morgan fingerprint density at radius 3 is 2.75 bits per heavy atom. The van der Waals surface area contributed by atoms with E-state index in [9.17, 15) is 4.79 Å². The summed E-state index contributed by atoms with van der Waals surface area (Å²) in [5.41, 5.74) is 0.746. The van der Waals surface area contributed by atoms with Crippen LogP contribution in [0.2, 0.25) is 0 Å². The number of amides is 1. The Bertz CT molecular complexity index is 461. The fraction of sp³-hybridized carbons (Fsp3) is 0.533. The van der Waals surface area contributed by atoms with Crippen molar-refractivity contribution in [1.82, 2.24) is 10.6 Å². The highest BCUT2D eigenvalue weighted by atomic mass is 79.9. The third kappa shape index (κ3) is 3.54. The van der Waals surface area contributed by atoms with E-state index in [1.165, 1.54) is 0 Å². The van der Waals surface area contributed by atoms with Crippen LogP contribution in [0.3, 0.4) is 0 Å². The van der Waals surface area contributed by atoms with E-state index in [0.29, 0.717) is 0 Å². The molecular formula is C15H22BrClN2O. The Hall–Kier alpha value is -0.580. The maximum Gasteiger partial charge on any atom is 0.240 e. The molecule has 1 aromatic rings. The molecule has 0 radical (unpaired) electrons. The minimum Gasteiger partial charge on any atom is -0.348 e. The molecule has 0 saturated carbocycles. The molecule has 1 heterocycles. The molecule has 5 heteroatoms. The van der Waals surface area contributed by atoms with Gasteiger partial charge in [-0.1, -0.05) is 41.1 Å². The van der Waals surface area contributed by atoms with Gasteiger partial charge in [-0.3, -0.25) is 4.79 Å². The summed E-state index contributed by atoms with van der Waals surface area (Å²) in [6.45, 7) is 5.03. The van der Waals surface area contributed by atoms with Gasteiger partial charge in [0.15, 0.2) is 0 Å². The van der Waals surface area contributed by atoms with Crippen LogP contribution in [-0.4, -0.2) is 18.0 Å². The molecule has 1 amide bonds. The molecule has 1 aromatic carbocycles. The molecule has 0 aliphatic carbocycles. The number of hydrogen-bond donors (Lipinski definition) is 2. The van der Waals surface area contributed by atoms with Crippen LogP contribution in [0.4, 0.5) is 0 Å². The van der Waals surface area contributed by atoms with E-state index in [1.807, 2.05) is 31.2 Å². The summed E-state index contributed by atoms with van der Waals surface area (Å²) in [7, 11) is 0. The van der Waals surface area contributed by atoms with Gasteiger partial charge in [-0.2, -0.15) is 0 Å². The molecule has 112 valence electrons. The molecule has 3 nitrogen and oxygen atoms in total. The van der Waals surface area contributed by atoms with Gasteiger partial charge in [0.25, 0.3) is 0 Å². The van der Waals surface area contributed by atoms with Crippen LogP contribution in [-0.2, 0) is 4.79 Å². The first-order valence-corrected chi connectivity index (χ1v) is 7.69. The van der Waals surface area contributed by atoms with Gasteiger partial charge in [-0.25, -0.2) is 0 Å². The summed E-state index contributed by atoms with van der Waals surface area (Å²) < 4.78 is 1.03. The van der Waals surface area contributed by atoms with Crippen molar-refractivity contribution in [3.05, 3.63) is 34.3 Å². The Morgan fingerprint density at radius 1 is 1.50 bits per heavy atom. The third-order valence-corrected chi connectivity index (χ3v) is 4.72. The normalized spacial score (nSPS) is 22.9. The van der Waals surface area contributed by atoms with Crippen LogP contribution < -0.4 is 10.6 Å². The van der Waals surface area contributed by atoms with Gasteiger partial charge in [0.2, 0.25) is 5.91 Å². The zero-order valence-electron chi connectivity index (χ0n) is 11.9. The molecule has 0 aromatic heterocycles. The van der Waals surface area contributed by atoms with Crippen molar-refractivity contribution in [2.75, 3.05) is 6.54 Å². The maximum atomic E-state index is 12.5. The number of carbonyl (C=O) groups excluding carboxylic acids is 1. The fourth-order valence-corrected chi connectivity index (χ4v) is 3.33. The quantitative estimate of drug-likeness (QED) is 0.860. The molecule has 1 aliphatic rings. The van der Waals surface area contributed by atoms with Crippen LogP contribution in [0.15, 0.2) is 28.7 Å². The monoisotopic (exact) mass is 360 g/mol. The standard InChI is InChI=1S/C15H21BrN2O.ClH/c1-3-15(9-6-10-17-15)14(19)18-11(2)12-7-4-5-8-13(12)16;/h4-5,7-8,11,17H,3,6,9-10H2,1-2H3,(H,18,19);1H. The van der Waals surface area contributed by atoms with Crippen LogP contribution in [0, 0.1) is 0 Å². The van der Waals surface area contributed by atoms with Gasteiger partial charge < -0.3 is 10.6 Å². The highest BCUT2D eigenvalue weighted by Crippen LogP contribution is 2.26. The average Bonchev–Trinajstić information content (AvgIpc) is 2.89. The predicted octanol–water partition coefficient (Wildman–Crippen LogP) is 3.58. The molecule has 0 spiro atoms. The summed E-state index contributed by atoms with van der Waals surface area (Å²) >= 11 is 3.53. The van der Waals surface area contributed by atoms with Crippen LogP contribution in [0.1, 0.15) is 44.7 Å². The van der Waals surface area contributed by atoms with Crippen molar-refractivity contribution in [3.63, 3.8) is 0 Å². The van der Waals surface area contributed by atoms with E-state index in [2.05, 4.69) is 33.5 Å². The third-order valence-electron chi connectivity index (χ3n) is 4.00. The summed E-state index contributed by atoms with van der Waals surface area (Å²) in [6, 6.07) is 8.02. The van der Waals surface area contributed by atoms with E-state index in [-0.39, 0.29) is 29.9 Å². The number of carbonyl (C=O) groups is 1. The SMILES string of the molecule is CCC1(C(=O)NC(C)c2ccccc2Br)CCCN1.Cl. The van der Waals surface area contributed by atoms with Crippen molar-refractivity contribution in [2.24, 2.45) is 0 Å². The van der Waals surface area contributed by atoms with Crippen molar-refractivity contribution >= 4 is 34.2 Å². The van der Waals surface area contributed by atoms with Gasteiger partial charge in [-0.15, -0.1) is 12.4 Å². The van der Waals surface area contributed by atoms with Gasteiger partial charge in [0, 0.05) is 4.47 Å². The molecular weight excluding hydrogens is 340 g/mol. The van der Waals surface area contributed by atoms with Gasteiger partial charge in [0.05, 0.1) is 11.6 Å². The lowest BCUT2D eigenvalue weighted by atomic mass is 9.92. The lowest BCUT2D eigenvalue weighted by Crippen LogP contribution is -2.53. The zero-order chi connectivity index (χ0) is 13.9. The molecule has 2 atom stereocenters. The first-order valence-electron chi connectivity index (χ1n) is 6.89. The van der Waals surface area contributed by atoms with Gasteiger partial charge in [-0.05, 0) is 44.4 Å². The fourth-order valence-electron chi connectivity index (χ4n) is 2.70. The Labute approximate surface area is 135 Å². The van der Waals surface area contributed by atoms with Crippen molar-refractivity contribution in [1.29, 1.82) is 0 Å². The molecule has 1 fully saturated rings. The Morgan fingerprint density at radius 2 is 2.20 bits per heavy atom. The second-order valence-corrected chi connectivity index (χ2v) is 6.04. The highest BCUT2D eigenvalue weighted by molar-refractivity contribution is 9.10. The predicted molar refractivity (Wildman–Crippen MR) is 88.2 cm³/mol. The van der Waals surface area contributed by atoms with E-state index >= 15 is 0 Å². The van der Waals surface area contributed by atoms with E-state index in [4.69, 9.17) is 0 Å². The minimum atomic E-state index is -0.366. The van der Waals surface area contributed by atoms with Crippen molar-refractivity contribution < 1.29 is 4.79 Å². The average molecular weight is 362 g/mol. The lowest BCUT2D eigenvalue weighted by molar-refractivity contribution is -0.128. The molecule has 2 rings (SSSR count). The largest absolute Gasteiger partial charge is 0.348 e. The second-order valence-electron chi connectivity index (χ2n) is 5.18. The molecule has 20 heavy (non-hydrogen) atoms. The summed E-state index contributed by atoms with van der Waals surface area (Å²) in [5, 5.41) is 6.51. The van der Waals surface area contributed by atoms with Crippen LogP contribution >= 0.6 is 28.3 Å². The summed E-state index contributed by atoms with van der Waals surface area (Å²) in [5.74, 6) is 0.121. The minimum absolute atomic E-state index is 0. The lowest BCUT2D eigenvalue weighted by Gasteiger charge is -2.29. The Kier molecular flexibility index (Phi) is 6.49. The number of rotatable bonds is 4. The van der Waals surface area contributed by atoms with E-state index in [0.717, 1.165) is 35.8 Å². The van der Waals surface area contributed by atoms with E-state index < -0.39 is 0 Å². The molecule has 2 N–H and O–H groups in total. The highest BCUT2D eigenvalue weighted by Gasteiger charge is 2.39. The van der Waals surface area contributed by atoms with Crippen LogP contribution in [0.5, 0.6) is 0 Å². The number of hydrogen-bond acceptors (Lipinski definition) is 2. The molecule has 2 unspecified atom stereocenters. The van der Waals surface area contributed by atoms with Crippen molar-refractivity contribution in [3.8, 4) is 0 Å². The van der Waals surface area contributed by atoms with Crippen LogP contribution in [0.25, 0.3) is 0 Å². The number of nitrogens with one attached hydrogen (secondary N) is 2. The molecule has 1 saturated heterocycles. The summed E-state index contributed by atoms with van der Waals surface area (Å²) in [4.78, 5) is 12.5. The first-order chi connectivity index (χ1) is 9.09. The van der Waals surface area contributed by atoms with Crippen molar-refractivity contribution in [2.45, 2.75) is 44.7 Å². The smallest absolute Gasteiger partial charge is 0.240 e. The van der Waals surface area contributed by atoms with E-state index in [1.54, 1.807) is 0 Å². The Balaban J connectivity index is 0.00000200. The zero-order valence-corrected chi connectivity index (χ0v) is 14.3. The van der Waals surface area contributed by atoms with Gasteiger partial charge >= 0.3 is 0 Å². The topological polar surface area (TPSA) is 41.1 Å². The number of benzene rings is 1. The molecule has 1 aliphatic heterocycles. The molecule has 0 bridgehead atoms. The maximum absolute atomic E-state index is 12.5. The number of halogens is 2. The first kappa shape index (κ1) is 17.5. The summed E-state index contributed by atoms with van der Waals surface area (Å²) in [6.07, 6.45) is 2.84. The van der Waals surface area contributed by atoms with Gasteiger partial charge in [0.1, 0.15) is 0 Å². The second kappa shape index (κ2) is 7.43.